The Morgan fingerprint density at radius 1 is 1.08 bits per heavy atom. The van der Waals surface area contributed by atoms with Crippen molar-refractivity contribution in [1.29, 1.82) is 0 Å². The predicted octanol–water partition coefficient (Wildman–Crippen LogP) is 9.54. The fourth-order valence-corrected chi connectivity index (χ4v) is 5.23. The largest absolute Gasteiger partial charge is 0.325 e. The molecule has 2 heterocycles. The molecule has 0 N–H and O–H groups in total. The number of pyridine rings is 1. The van der Waals surface area contributed by atoms with Crippen LogP contribution in [0.1, 0.15) is 107 Å². The van der Waals surface area contributed by atoms with Crippen molar-refractivity contribution in [1.82, 2.24) is 14.5 Å². The zero-order valence-electron chi connectivity index (χ0n) is 23.2. The van der Waals surface area contributed by atoms with Crippen molar-refractivity contribution in [3.05, 3.63) is 82.7 Å². The van der Waals surface area contributed by atoms with Gasteiger partial charge in [0.25, 0.3) is 0 Å². The number of imidazole rings is 1. The highest BCUT2D eigenvalue weighted by Gasteiger charge is 2.20. The molecule has 1 aliphatic carbocycles. The molecule has 3 aromatic rings. The summed E-state index contributed by atoms with van der Waals surface area (Å²) in [7, 11) is 0. The third kappa shape index (κ3) is 5.53. The van der Waals surface area contributed by atoms with Crippen LogP contribution in [-0.4, -0.2) is 14.5 Å². The Kier molecular flexibility index (Phi) is 9.42. The van der Waals surface area contributed by atoms with Gasteiger partial charge in [-0.2, -0.15) is 0 Å². The second-order valence-corrected chi connectivity index (χ2v) is 9.56. The molecule has 192 valence electrons. The summed E-state index contributed by atoms with van der Waals surface area (Å²) < 4.78 is 17.6. The average Bonchev–Trinajstić information content (AvgIpc) is 3.21. The third-order valence-electron chi connectivity index (χ3n) is 7.04. The van der Waals surface area contributed by atoms with Crippen molar-refractivity contribution in [2.75, 3.05) is 0 Å². The van der Waals surface area contributed by atoms with Gasteiger partial charge in [0.05, 0.1) is 5.52 Å². The van der Waals surface area contributed by atoms with E-state index in [1.165, 1.54) is 11.1 Å². The number of rotatable bonds is 8. The minimum Gasteiger partial charge on any atom is -0.325 e. The zero-order valence-corrected chi connectivity index (χ0v) is 23.2. The maximum atomic E-state index is 15.3. The molecular formula is C32H42FN3. The summed E-state index contributed by atoms with van der Waals surface area (Å²) in [6, 6.07) is 6.12. The maximum Gasteiger partial charge on any atom is 0.151 e. The van der Waals surface area contributed by atoms with Gasteiger partial charge in [-0.15, -0.1) is 0 Å². The SMILES string of the molecule is C=C(c1cc(F)c2nc(C)n(C(CCC)CCC)c2c1)c1cc(C2=C(C)CCC=C2)cnc1C.CC. The van der Waals surface area contributed by atoms with Crippen molar-refractivity contribution < 1.29 is 4.39 Å². The molecule has 4 heteroatoms. The minimum absolute atomic E-state index is 0.294. The Hall–Kier alpha value is -3.01. The molecule has 2 aromatic heterocycles. The van der Waals surface area contributed by atoms with Crippen LogP contribution in [0.4, 0.5) is 4.39 Å². The summed E-state index contributed by atoms with van der Waals surface area (Å²) in [5.74, 6) is 0.577. The summed E-state index contributed by atoms with van der Waals surface area (Å²) in [6.07, 6.45) is 12.8. The first-order valence-electron chi connectivity index (χ1n) is 13.6. The van der Waals surface area contributed by atoms with Crippen LogP contribution in [-0.2, 0) is 0 Å². The third-order valence-corrected chi connectivity index (χ3v) is 7.04. The van der Waals surface area contributed by atoms with Crippen LogP contribution in [0.5, 0.6) is 0 Å². The van der Waals surface area contributed by atoms with Gasteiger partial charge in [-0.1, -0.05) is 64.8 Å². The summed E-state index contributed by atoms with van der Waals surface area (Å²) in [4.78, 5) is 9.28. The van der Waals surface area contributed by atoms with Gasteiger partial charge in [-0.3, -0.25) is 4.98 Å². The lowest BCUT2D eigenvalue weighted by molar-refractivity contribution is 0.428. The lowest BCUT2D eigenvalue weighted by Crippen LogP contribution is -2.10. The number of fused-ring (bicyclic) bond motifs is 1. The normalized spacial score (nSPS) is 13.4. The lowest BCUT2D eigenvalue weighted by Gasteiger charge is -2.20. The van der Waals surface area contributed by atoms with Gasteiger partial charge in [0, 0.05) is 29.1 Å². The van der Waals surface area contributed by atoms with Gasteiger partial charge in [0.1, 0.15) is 11.3 Å². The number of aryl methyl sites for hydroxylation is 2. The number of hydrogen-bond donors (Lipinski definition) is 0. The first-order valence-corrected chi connectivity index (χ1v) is 13.6. The summed E-state index contributed by atoms with van der Waals surface area (Å²) in [6.45, 7) is 19.0. The van der Waals surface area contributed by atoms with E-state index in [0.717, 1.165) is 77.8 Å². The quantitative estimate of drug-likeness (QED) is 0.317. The molecule has 0 saturated carbocycles. The highest BCUT2D eigenvalue weighted by atomic mass is 19.1. The molecule has 3 nitrogen and oxygen atoms in total. The van der Waals surface area contributed by atoms with E-state index in [4.69, 9.17) is 0 Å². The van der Waals surface area contributed by atoms with Crippen molar-refractivity contribution in [3.8, 4) is 0 Å². The van der Waals surface area contributed by atoms with Crippen LogP contribution in [0.15, 0.2) is 48.7 Å². The van der Waals surface area contributed by atoms with Gasteiger partial charge in [0.2, 0.25) is 0 Å². The Morgan fingerprint density at radius 3 is 2.42 bits per heavy atom. The van der Waals surface area contributed by atoms with Gasteiger partial charge < -0.3 is 4.57 Å². The smallest absolute Gasteiger partial charge is 0.151 e. The number of allylic oxidation sites excluding steroid dienone is 4. The molecular weight excluding hydrogens is 445 g/mol. The van der Waals surface area contributed by atoms with Gasteiger partial charge in [0.15, 0.2) is 5.82 Å². The number of benzene rings is 1. The molecule has 0 saturated heterocycles. The maximum absolute atomic E-state index is 15.3. The van der Waals surface area contributed by atoms with E-state index in [2.05, 4.69) is 66.2 Å². The first-order chi connectivity index (χ1) is 17.3. The number of nitrogens with zero attached hydrogens (tertiary/aromatic N) is 3. The van der Waals surface area contributed by atoms with E-state index in [1.807, 2.05) is 33.9 Å². The molecule has 0 bridgehead atoms. The van der Waals surface area contributed by atoms with Crippen molar-refractivity contribution in [2.45, 2.75) is 93.0 Å². The van der Waals surface area contributed by atoms with E-state index in [1.54, 1.807) is 6.07 Å². The van der Waals surface area contributed by atoms with E-state index in [0.29, 0.717) is 11.6 Å². The summed E-state index contributed by atoms with van der Waals surface area (Å²) in [5.41, 5.74) is 8.41. The van der Waals surface area contributed by atoms with E-state index < -0.39 is 0 Å². The second kappa shape index (κ2) is 12.3. The van der Waals surface area contributed by atoms with Crippen molar-refractivity contribution in [3.63, 3.8) is 0 Å². The molecule has 0 unspecified atom stereocenters. The molecule has 36 heavy (non-hydrogen) atoms. The molecule has 0 spiro atoms. The standard InChI is InChI=1S/C30H36FN3.C2H6/c1-7-11-25(12-8-2)34-22(6)33-30-28(31)16-23(17-29(30)34)20(4)27-15-24(18-32-21(27)5)26-14-10-9-13-19(26)3;1-2/h10,14-18,25H,4,7-9,11-13H2,1-3,5-6H3;1-2H3. The molecule has 1 aliphatic rings. The second-order valence-electron chi connectivity index (χ2n) is 9.56. The van der Waals surface area contributed by atoms with Crippen LogP contribution in [0.25, 0.3) is 22.2 Å². The fraction of sp³-hybridized carbons (Fsp3) is 0.438. The minimum atomic E-state index is -0.294. The van der Waals surface area contributed by atoms with Crippen LogP contribution >= 0.6 is 0 Å². The average molecular weight is 488 g/mol. The van der Waals surface area contributed by atoms with E-state index in [9.17, 15) is 0 Å². The Bertz CT molecular complexity index is 1290. The lowest BCUT2D eigenvalue weighted by atomic mass is 9.91. The summed E-state index contributed by atoms with van der Waals surface area (Å²) >= 11 is 0. The molecule has 0 aliphatic heterocycles. The van der Waals surface area contributed by atoms with Crippen molar-refractivity contribution in [2.24, 2.45) is 0 Å². The Labute approximate surface area is 216 Å². The topological polar surface area (TPSA) is 30.7 Å². The van der Waals surface area contributed by atoms with Crippen molar-refractivity contribution >= 4 is 22.2 Å². The Morgan fingerprint density at radius 2 is 1.78 bits per heavy atom. The molecule has 4 rings (SSSR count). The Balaban J connectivity index is 0.00000176. The molecule has 0 atom stereocenters. The van der Waals surface area contributed by atoms with E-state index in [-0.39, 0.29) is 5.82 Å². The first kappa shape index (κ1) is 27.6. The molecule has 0 amide bonds. The fourth-order valence-electron chi connectivity index (χ4n) is 5.23. The van der Waals surface area contributed by atoms with Crippen LogP contribution in [0.3, 0.4) is 0 Å². The molecule has 1 aromatic carbocycles. The van der Waals surface area contributed by atoms with Gasteiger partial charge in [-0.05, 0) is 81.4 Å². The highest BCUT2D eigenvalue weighted by Crippen LogP contribution is 2.34. The zero-order chi connectivity index (χ0) is 26.4. The number of aromatic nitrogens is 3. The van der Waals surface area contributed by atoms with Crippen LogP contribution in [0.2, 0.25) is 0 Å². The number of halogens is 1. The van der Waals surface area contributed by atoms with Crippen LogP contribution < -0.4 is 0 Å². The van der Waals surface area contributed by atoms with Crippen LogP contribution in [0, 0.1) is 19.7 Å². The number of hydrogen-bond acceptors (Lipinski definition) is 2. The predicted molar refractivity (Wildman–Crippen MR) is 153 cm³/mol. The monoisotopic (exact) mass is 487 g/mol. The van der Waals surface area contributed by atoms with Gasteiger partial charge >= 0.3 is 0 Å². The molecule has 0 fully saturated rings. The molecule has 0 radical (unpaired) electrons. The highest BCUT2D eigenvalue weighted by molar-refractivity contribution is 5.88. The van der Waals surface area contributed by atoms with E-state index >= 15 is 4.39 Å². The summed E-state index contributed by atoms with van der Waals surface area (Å²) in [5, 5.41) is 0. The van der Waals surface area contributed by atoms with Gasteiger partial charge in [-0.25, -0.2) is 9.37 Å².